The summed E-state index contributed by atoms with van der Waals surface area (Å²) in [5.41, 5.74) is 0. The molecular weight excluding hydrogens is 324 g/mol. The fourth-order valence-electron chi connectivity index (χ4n) is 2.41. The Morgan fingerprint density at radius 3 is 2.79 bits per heavy atom. The van der Waals surface area contributed by atoms with Crippen LogP contribution in [0.3, 0.4) is 0 Å². The fraction of sp³-hybridized carbons (Fsp3) is 0.500. The molecule has 0 unspecified atom stereocenters. The topological polar surface area (TPSA) is 76.1 Å². The highest BCUT2D eigenvalue weighted by Gasteiger charge is 2.23. The molecule has 1 saturated heterocycles. The molecular formula is C16H19F2NO5. The van der Waals surface area contributed by atoms with Crippen molar-refractivity contribution in [3.05, 3.63) is 29.8 Å². The van der Waals surface area contributed by atoms with Gasteiger partial charge in [0.25, 0.3) is 5.91 Å². The molecule has 6 nitrogen and oxygen atoms in total. The number of benzene rings is 1. The van der Waals surface area contributed by atoms with Crippen LogP contribution in [0.5, 0.6) is 5.75 Å². The molecule has 1 aliphatic rings. The standard InChI is InChI=1S/C16H19F2NO5/c17-11-3-4-14(13(18)8-11)24-10-15(20)19(6-5-16(21)22)9-12-2-1-7-23-12/h3-4,8,12H,1-2,5-7,9-10H2,(H,21,22)/t12-/m1/s1. The lowest BCUT2D eigenvalue weighted by atomic mass is 10.2. The van der Waals surface area contributed by atoms with E-state index in [9.17, 15) is 18.4 Å². The van der Waals surface area contributed by atoms with Crippen LogP contribution < -0.4 is 4.74 Å². The molecule has 1 fully saturated rings. The van der Waals surface area contributed by atoms with Crippen molar-refractivity contribution in [3.63, 3.8) is 0 Å². The number of ether oxygens (including phenoxy) is 2. The van der Waals surface area contributed by atoms with Crippen molar-refractivity contribution < 1.29 is 33.0 Å². The van der Waals surface area contributed by atoms with Gasteiger partial charge < -0.3 is 19.5 Å². The first kappa shape index (κ1) is 18.1. The number of carboxylic acids is 1. The summed E-state index contributed by atoms with van der Waals surface area (Å²) in [4.78, 5) is 24.3. The monoisotopic (exact) mass is 343 g/mol. The normalized spacial score (nSPS) is 16.8. The molecule has 0 saturated carbocycles. The quantitative estimate of drug-likeness (QED) is 0.779. The Balaban J connectivity index is 1.93. The molecule has 1 atom stereocenters. The van der Waals surface area contributed by atoms with Crippen molar-refractivity contribution in [1.82, 2.24) is 4.90 Å². The Labute approximate surface area is 138 Å². The highest BCUT2D eigenvalue weighted by molar-refractivity contribution is 5.78. The molecule has 1 aliphatic heterocycles. The number of nitrogens with zero attached hydrogens (tertiary/aromatic N) is 1. The van der Waals surface area contributed by atoms with E-state index in [2.05, 4.69) is 0 Å². The van der Waals surface area contributed by atoms with Crippen LogP contribution in [0, 0.1) is 11.6 Å². The summed E-state index contributed by atoms with van der Waals surface area (Å²) in [6.45, 7) is 0.433. The minimum atomic E-state index is -1.02. The summed E-state index contributed by atoms with van der Waals surface area (Å²) in [7, 11) is 0. The van der Waals surface area contributed by atoms with Crippen molar-refractivity contribution in [1.29, 1.82) is 0 Å². The molecule has 1 heterocycles. The summed E-state index contributed by atoms with van der Waals surface area (Å²) >= 11 is 0. The smallest absolute Gasteiger partial charge is 0.305 e. The van der Waals surface area contributed by atoms with Crippen molar-refractivity contribution in [2.24, 2.45) is 0 Å². The van der Waals surface area contributed by atoms with Crippen LogP contribution in [0.2, 0.25) is 0 Å². The Morgan fingerprint density at radius 1 is 1.38 bits per heavy atom. The number of carbonyl (C=O) groups is 2. The van der Waals surface area contributed by atoms with E-state index in [4.69, 9.17) is 14.6 Å². The fourth-order valence-corrected chi connectivity index (χ4v) is 2.41. The van der Waals surface area contributed by atoms with Gasteiger partial charge in [0, 0.05) is 25.8 Å². The lowest BCUT2D eigenvalue weighted by Crippen LogP contribution is -2.41. The average molecular weight is 343 g/mol. The predicted molar refractivity (Wildman–Crippen MR) is 79.7 cm³/mol. The highest BCUT2D eigenvalue weighted by Crippen LogP contribution is 2.18. The van der Waals surface area contributed by atoms with Crippen LogP contribution in [0.4, 0.5) is 8.78 Å². The largest absolute Gasteiger partial charge is 0.481 e. The second-order valence-corrected chi connectivity index (χ2v) is 5.48. The van der Waals surface area contributed by atoms with Gasteiger partial charge in [0.2, 0.25) is 0 Å². The van der Waals surface area contributed by atoms with Crippen LogP contribution >= 0.6 is 0 Å². The van der Waals surface area contributed by atoms with Gasteiger partial charge in [-0.2, -0.15) is 0 Å². The van der Waals surface area contributed by atoms with E-state index in [1.165, 1.54) is 4.90 Å². The summed E-state index contributed by atoms with van der Waals surface area (Å²) in [5.74, 6) is -3.38. The average Bonchev–Trinajstić information content (AvgIpc) is 3.03. The zero-order valence-electron chi connectivity index (χ0n) is 13.0. The number of carbonyl (C=O) groups excluding carboxylic acids is 1. The van der Waals surface area contributed by atoms with Gasteiger partial charge in [0.15, 0.2) is 18.2 Å². The Hall–Kier alpha value is -2.22. The van der Waals surface area contributed by atoms with E-state index >= 15 is 0 Å². The minimum Gasteiger partial charge on any atom is -0.481 e. The first-order valence-corrected chi connectivity index (χ1v) is 7.64. The van der Waals surface area contributed by atoms with E-state index in [1.54, 1.807) is 0 Å². The van der Waals surface area contributed by atoms with Crippen LogP contribution in [0.1, 0.15) is 19.3 Å². The summed E-state index contributed by atoms with van der Waals surface area (Å²) in [6.07, 6.45) is 1.35. The number of rotatable bonds is 8. The Bertz CT molecular complexity index is 590. The molecule has 1 N–H and O–H groups in total. The predicted octanol–water partition coefficient (Wildman–Crippen LogP) is 1.83. The van der Waals surface area contributed by atoms with Gasteiger partial charge in [-0.1, -0.05) is 0 Å². The second-order valence-electron chi connectivity index (χ2n) is 5.48. The third-order valence-electron chi connectivity index (χ3n) is 3.64. The third kappa shape index (κ3) is 5.45. The van der Waals surface area contributed by atoms with Crippen LogP contribution in [-0.2, 0) is 14.3 Å². The lowest BCUT2D eigenvalue weighted by molar-refractivity contribution is -0.139. The maximum absolute atomic E-state index is 13.5. The van der Waals surface area contributed by atoms with Crippen LogP contribution in [0.15, 0.2) is 18.2 Å². The van der Waals surface area contributed by atoms with Crippen molar-refractivity contribution in [2.45, 2.75) is 25.4 Å². The van der Waals surface area contributed by atoms with Gasteiger partial charge in [-0.05, 0) is 25.0 Å². The summed E-state index contributed by atoms with van der Waals surface area (Å²) in [6, 6.07) is 2.78. The number of carboxylic acid groups (broad SMARTS) is 1. The molecule has 0 bridgehead atoms. The molecule has 0 radical (unpaired) electrons. The van der Waals surface area contributed by atoms with E-state index in [0.717, 1.165) is 25.0 Å². The second kappa shape index (κ2) is 8.58. The minimum absolute atomic E-state index is 0.0171. The van der Waals surface area contributed by atoms with Crippen LogP contribution in [0.25, 0.3) is 0 Å². The van der Waals surface area contributed by atoms with Gasteiger partial charge in [0.1, 0.15) is 5.82 Å². The van der Waals surface area contributed by atoms with Crippen molar-refractivity contribution >= 4 is 11.9 Å². The molecule has 1 amide bonds. The van der Waals surface area contributed by atoms with Crippen molar-refractivity contribution in [2.75, 3.05) is 26.3 Å². The van der Waals surface area contributed by atoms with E-state index in [-0.39, 0.29) is 31.4 Å². The van der Waals surface area contributed by atoms with Gasteiger partial charge >= 0.3 is 5.97 Å². The third-order valence-corrected chi connectivity index (χ3v) is 3.64. The molecule has 2 rings (SSSR count). The summed E-state index contributed by atoms with van der Waals surface area (Å²) in [5, 5.41) is 8.79. The van der Waals surface area contributed by atoms with E-state index < -0.39 is 30.1 Å². The van der Waals surface area contributed by atoms with Gasteiger partial charge in [-0.3, -0.25) is 9.59 Å². The van der Waals surface area contributed by atoms with E-state index in [1.807, 2.05) is 0 Å². The number of aliphatic carboxylic acids is 1. The first-order valence-electron chi connectivity index (χ1n) is 7.64. The molecule has 0 spiro atoms. The van der Waals surface area contributed by atoms with E-state index in [0.29, 0.717) is 12.7 Å². The molecule has 1 aromatic rings. The molecule has 132 valence electrons. The number of hydrogen-bond acceptors (Lipinski definition) is 4. The van der Waals surface area contributed by atoms with Gasteiger partial charge in [0.05, 0.1) is 12.5 Å². The van der Waals surface area contributed by atoms with Crippen molar-refractivity contribution in [3.8, 4) is 5.75 Å². The summed E-state index contributed by atoms with van der Waals surface area (Å²) < 4.78 is 36.9. The highest BCUT2D eigenvalue weighted by atomic mass is 19.1. The molecule has 0 aromatic heterocycles. The first-order chi connectivity index (χ1) is 11.5. The molecule has 0 aliphatic carbocycles. The Morgan fingerprint density at radius 2 is 2.17 bits per heavy atom. The lowest BCUT2D eigenvalue weighted by Gasteiger charge is -2.25. The zero-order valence-corrected chi connectivity index (χ0v) is 13.0. The zero-order chi connectivity index (χ0) is 17.5. The van der Waals surface area contributed by atoms with Crippen LogP contribution in [-0.4, -0.2) is 54.3 Å². The number of amides is 1. The molecule has 24 heavy (non-hydrogen) atoms. The maximum atomic E-state index is 13.5. The SMILES string of the molecule is O=C(O)CCN(C[C@H]1CCCO1)C(=O)COc1ccc(F)cc1F. The Kier molecular flexibility index (Phi) is 6.48. The number of hydrogen-bond donors (Lipinski definition) is 1. The molecule has 8 heteroatoms. The molecule has 1 aromatic carbocycles. The van der Waals surface area contributed by atoms with Gasteiger partial charge in [-0.25, -0.2) is 8.78 Å². The number of halogens is 2. The van der Waals surface area contributed by atoms with Gasteiger partial charge in [-0.15, -0.1) is 0 Å². The maximum Gasteiger partial charge on any atom is 0.305 e.